The lowest BCUT2D eigenvalue weighted by Crippen LogP contribution is -2.29. The van der Waals surface area contributed by atoms with Crippen LogP contribution in [0.25, 0.3) is 0 Å². The molecule has 0 bridgehead atoms. The van der Waals surface area contributed by atoms with E-state index in [1.54, 1.807) is 0 Å². The van der Waals surface area contributed by atoms with Crippen molar-refractivity contribution in [3.8, 4) is 0 Å². The average molecular weight is 1110 g/mol. The third-order valence-electron chi connectivity index (χ3n) is 15.0. The highest BCUT2D eigenvalue weighted by Gasteiger charge is 2.26. The number of carbonyl (C=O) groups is 2. The summed E-state index contributed by atoms with van der Waals surface area (Å²) in [5, 5.41) is 0. The number of unbranched alkanes of at least 4 members (excludes halogenated alkanes) is 45. The molecule has 0 heterocycles. The van der Waals surface area contributed by atoms with E-state index < -0.39 is 26.5 Å². The summed E-state index contributed by atoms with van der Waals surface area (Å²) >= 11 is 0. The van der Waals surface area contributed by atoms with E-state index in [0.29, 0.717) is 6.42 Å². The van der Waals surface area contributed by atoms with Crippen molar-refractivity contribution < 1.29 is 37.6 Å². The zero-order valence-corrected chi connectivity index (χ0v) is 51.9. The number of hydrogen-bond donors (Lipinski definition) is 2. The third kappa shape index (κ3) is 63.3. The molecule has 0 fully saturated rings. The maximum atomic E-state index is 12.7. The maximum Gasteiger partial charge on any atom is 0.472 e. The molecule has 0 aliphatic carbocycles. The Bertz CT molecular complexity index is 1350. The first-order valence-corrected chi connectivity index (χ1v) is 35.0. The van der Waals surface area contributed by atoms with Crippen molar-refractivity contribution in [2.45, 2.75) is 354 Å². The fourth-order valence-corrected chi connectivity index (χ4v) is 10.8. The van der Waals surface area contributed by atoms with E-state index in [-0.39, 0.29) is 38.6 Å². The molecule has 0 radical (unpaired) electrons. The first-order chi connectivity index (χ1) is 37.8. The summed E-state index contributed by atoms with van der Waals surface area (Å²) in [6.45, 7) is 3.80. The Balaban J connectivity index is 3.86. The maximum absolute atomic E-state index is 12.7. The molecule has 454 valence electrons. The van der Waals surface area contributed by atoms with Crippen molar-refractivity contribution in [3.05, 3.63) is 36.5 Å². The van der Waals surface area contributed by atoms with Crippen LogP contribution in [0, 0.1) is 0 Å². The van der Waals surface area contributed by atoms with Crippen molar-refractivity contribution in [2.24, 2.45) is 5.73 Å². The van der Waals surface area contributed by atoms with Crippen LogP contribution in [-0.4, -0.2) is 49.3 Å². The van der Waals surface area contributed by atoms with Crippen molar-refractivity contribution in [2.75, 3.05) is 26.4 Å². The molecule has 0 aromatic carbocycles. The summed E-state index contributed by atoms with van der Waals surface area (Å²) in [6, 6.07) is 0. The molecule has 0 amide bonds. The first kappa shape index (κ1) is 75.2. The van der Waals surface area contributed by atoms with Crippen LogP contribution in [0.15, 0.2) is 36.5 Å². The van der Waals surface area contributed by atoms with Crippen LogP contribution in [-0.2, 0) is 32.7 Å². The topological polar surface area (TPSA) is 134 Å². The lowest BCUT2D eigenvalue weighted by Gasteiger charge is -2.19. The standard InChI is InChI=1S/C67H128NO8P/c1-3-5-7-9-11-13-15-17-19-21-23-25-27-29-31-32-34-35-37-39-41-43-45-47-49-51-53-55-57-59-66(69)73-63-65(64-75-77(71,72)74-62-61-68)76-67(70)60-58-56-54-52-50-48-46-44-42-40-38-36-33-30-28-26-24-22-20-18-16-14-12-10-8-6-4-2/h16,18,21-24,65H,3-15,17,19-20,25-64,68H2,1-2H3,(H,71,72)/b18-16-,23-21-,24-22-. The lowest BCUT2D eigenvalue weighted by molar-refractivity contribution is -0.161. The zero-order chi connectivity index (χ0) is 55.9. The number of allylic oxidation sites excluding steroid dienone is 6. The molecule has 0 saturated heterocycles. The largest absolute Gasteiger partial charge is 0.472 e. The predicted octanol–water partition coefficient (Wildman–Crippen LogP) is 21.5. The summed E-state index contributed by atoms with van der Waals surface area (Å²) in [4.78, 5) is 35.3. The smallest absolute Gasteiger partial charge is 0.462 e. The van der Waals surface area contributed by atoms with Gasteiger partial charge in [0.15, 0.2) is 6.10 Å². The van der Waals surface area contributed by atoms with Gasteiger partial charge in [-0.05, 0) is 70.6 Å². The Hall–Kier alpha value is -1.77. The van der Waals surface area contributed by atoms with E-state index in [2.05, 4.69) is 50.3 Å². The molecule has 9 nitrogen and oxygen atoms in total. The minimum absolute atomic E-state index is 0.0553. The van der Waals surface area contributed by atoms with Gasteiger partial charge in [-0.25, -0.2) is 4.57 Å². The Morgan fingerprint density at radius 3 is 1.00 bits per heavy atom. The second-order valence-electron chi connectivity index (χ2n) is 22.7. The van der Waals surface area contributed by atoms with Crippen LogP contribution >= 0.6 is 7.82 Å². The van der Waals surface area contributed by atoms with Crippen molar-refractivity contribution in [1.29, 1.82) is 0 Å². The molecule has 0 saturated carbocycles. The van der Waals surface area contributed by atoms with E-state index in [1.165, 1.54) is 276 Å². The van der Waals surface area contributed by atoms with Crippen LogP contribution in [0.1, 0.15) is 348 Å². The molecule has 10 heteroatoms. The Morgan fingerprint density at radius 2 is 0.675 bits per heavy atom. The minimum Gasteiger partial charge on any atom is -0.462 e. The van der Waals surface area contributed by atoms with E-state index in [0.717, 1.165) is 38.5 Å². The number of hydrogen-bond acceptors (Lipinski definition) is 8. The van der Waals surface area contributed by atoms with Gasteiger partial charge in [-0.3, -0.25) is 18.6 Å². The zero-order valence-electron chi connectivity index (χ0n) is 51.0. The van der Waals surface area contributed by atoms with Crippen LogP contribution in [0.5, 0.6) is 0 Å². The highest BCUT2D eigenvalue weighted by atomic mass is 31.2. The average Bonchev–Trinajstić information content (AvgIpc) is 3.42. The van der Waals surface area contributed by atoms with Crippen molar-refractivity contribution in [1.82, 2.24) is 0 Å². The third-order valence-corrected chi connectivity index (χ3v) is 16.0. The van der Waals surface area contributed by atoms with Gasteiger partial charge in [0, 0.05) is 19.4 Å². The Morgan fingerprint density at radius 1 is 0.390 bits per heavy atom. The molecule has 2 atom stereocenters. The predicted molar refractivity (Wildman–Crippen MR) is 330 cm³/mol. The number of ether oxygens (including phenoxy) is 2. The lowest BCUT2D eigenvalue weighted by atomic mass is 10.0. The fourth-order valence-electron chi connectivity index (χ4n) is 10.0. The van der Waals surface area contributed by atoms with Gasteiger partial charge < -0.3 is 20.1 Å². The summed E-state index contributed by atoms with van der Waals surface area (Å²) in [7, 11) is -4.39. The summed E-state index contributed by atoms with van der Waals surface area (Å²) in [5.74, 6) is -0.808. The fraction of sp³-hybridized carbons (Fsp3) is 0.881. The van der Waals surface area contributed by atoms with E-state index in [1.807, 2.05) is 0 Å². The van der Waals surface area contributed by atoms with Gasteiger partial charge in [0.25, 0.3) is 0 Å². The van der Waals surface area contributed by atoms with E-state index >= 15 is 0 Å². The monoisotopic (exact) mass is 1110 g/mol. The highest BCUT2D eigenvalue weighted by molar-refractivity contribution is 7.47. The van der Waals surface area contributed by atoms with Crippen molar-refractivity contribution in [3.63, 3.8) is 0 Å². The minimum atomic E-state index is -4.39. The number of rotatable bonds is 64. The summed E-state index contributed by atoms with van der Waals surface area (Å²) in [6.07, 6.45) is 78.0. The second-order valence-corrected chi connectivity index (χ2v) is 24.1. The molecule has 3 N–H and O–H groups in total. The van der Waals surface area contributed by atoms with Crippen LogP contribution in [0.2, 0.25) is 0 Å². The van der Waals surface area contributed by atoms with Gasteiger partial charge in [0.05, 0.1) is 13.2 Å². The van der Waals surface area contributed by atoms with Gasteiger partial charge in [-0.2, -0.15) is 0 Å². The Labute approximate surface area is 477 Å². The van der Waals surface area contributed by atoms with E-state index in [4.69, 9.17) is 24.3 Å². The van der Waals surface area contributed by atoms with Crippen LogP contribution in [0.4, 0.5) is 0 Å². The second kappa shape index (κ2) is 63.4. The molecule has 0 aromatic heterocycles. The Kier molecular flexibility index (Phi) is 62.0. The van der Waals surface area contributed by atoms with Gasteiger partial charge in [0.1, 0.15) is 6.61 Å². The SMILES string of the molecule is CCCCCCC/C=C\C/C=C\CCCCCCCCCCCCCCCCCC(=O)OC(COC(=O)CCCCCCCCCCCCCCCCCCC/C=C\CCCCCCCCCC)COP(=O)(O)OCCN. The van der Waals surface area contributed by atoms with Crippen LogP contribution < -0.4 is 5.73 Å². The normalized spacial score (nSPS) is 13.1. The number of carbonyl (C=O) groups excluding carboxylic acids is 2. The molecule has 2 unspecified atom stereocenters. The molecule has 0 spiro atoms. The molecule has 0 aliphatic heterocycles. The van der Waals surface area contributed by atoms with Crippen LogP contribution in [0.3, 0.4) is 0 Å². The van der Waals surface area contributed by atoms with E-state index in [9.17, 15) is 19.0 Å². The summed E-state index contributed by atoms with van der Waals surface area (Å²) < 4.78 is 33.2. The molecular weight excluding hydrogens is 978 g/mol. The molecular formula is C67H128NO8P. The molecule has 0 aromatic rings. The quantitative estimate of drug-likeness (QED) is 0.0264. The molecule has 0 rings (SSSR count). The highest BCUT2D eigenvalue weighted by Crippen LogP contribution is 2.43. The van der Waals surface area contributed by atoms with Crippen molar-refractivity contribution >= 4 is 19.8 Å². The first-order valence-electron chi connectivity index (χ1n) is 33.5. The van der Waals surface area contributed by atoms with Gasteiger partial charge in [0.2, 0.25) is 0 Å². The summed E-state index contributed by atoms with van der Waals surface area (Å²) in [5.41, 5.74) is 5.40. The molecule has 77 heavy (non-hydrogen) atoms. The number of phosphoric ester groups is 1. The molecule has 0 aliphatic rings. The number of phosphoric acid groups is 1. The van der Waals surface area contributed by atoms with Gasteiger partial charge in [-0.15, -0.1) is 0 Å². The number of nitrogens with two attached hydrogens (primary N) is 1. The van der Waals surface area contributed by atoms with Gasteiger partial charge in [-0.1, -0.05) is 301 Å². The number of esters is 2. The van der Waals surface area contributed by atoms with Gasteiger partial charge >= 0.3 is 19.8 Å².